The minimum atomic E-state index is -0.425. The average Bonchev–Trinajstić information content (AvgIpc) is 2.60. The van der Waals surface area contributed by atoms with E-state index in [1.807, 2.05) is 11.4 Å². The summed E-state index contributed by atoms with van der Waals surface area (Å²) in [6.45, 7) is 0.395. The Kier molecular flexibility index (Phi) is 5.07. The second-order valence-electron chi connectivity index (χ2n) is 2.95. The topological polar surface area (TPSA) is 49.8 Å². The Labute approximate surface area is 101 Å². The van der Waals surface area contributed by atoms with Crippen LogP contribution in [0.2, 0.25) is 0 Å². The molecule has 0 atom stereocenters. The van der Waals surface area contributed by atoms with Crippen molar-refractivity contribution in [2.24, 2.45) is 0 Å². The van der Waals surface area contributed by atoms with Gasteiger partial charge in [0, 0.05) is 13.6 Å². The summed E-state index contributed by atoms with van der Waals surface area (Å²) < 4.78 is 5.80. The molecule has 1 heterocycles. The van der Waals surface area contributed by atoms with Crippen molar-refractivity contribution in [2.45, 2.75) is 6.54 Å². The van der Waals surface area contributed by atoms with Crippen LogP contribution in [-0.2, 0) is 11.3 Å². The number of thiophene rings is 1. The average molecular weight is 294 g/mol. The largest absolute Gasteiger partial charge is 0.447 e. The normalized spacial score (nSPS) is 10.1. The molecule has 1 aromatic rings. The lowest BCUT2D eigenvalue weighted by molar-refractivity contribution is 0.0894. The van der Waals surface area contributed by atoms with Crippen LogP contribution in [0, 0.1) is 0 Å². The smallest absolute Gasteiger partial charge is 0.409 e. The number of hydrogen-bond acceptors (Lipinski definition) is 4. The van der Waals surface area contributed by atoms with Crippen LogP contribution < -0.4 is 0 Å². The number of nitrogens with zero attached hydrogens (tertiary/aromatic N) is 1. The van der Waals surface area contributed by atoms with E-state index in [4.69, 9.17) is 9.84 Å². The molecule has 0 saturated heterocycles. The fraction of sp³-hybridized carbons (Fsp3) is 0.444. The van der Waals surface area contributed by atoms with E-state index in [2.05, 4.69) is 15.9 Å². The van der Waals surface area contributed by atoms with Crippen molar-refractivity contribution in [3.63, 3.8) is 0 Å². The summed E-state index contributed by atoms with van der Waals surface area (Å²) in [5.74, 6) is 0. The number of rotatable bonds is 4. The molecule has 0 unspecified atom stereocenters. The number of aliphatic hydroxyl groups excluding tert-OH is 1. The van der Waals surface area contributed by atoms with Crippen LogP contribution >= 0.6 is 27.3 Å². The van der Waals surface area contributed by atoms with Crippen molar-refractivity contribution in [1.82, 2.24) is 4.90 Å². The zero-order chi connectivity index (χ0) is 11.3. The molecule has 0 saturated carbocycles. The van der Waals surface area contributed by atoms with Gasteiger partial charge in [0.1, 0.15) is 6.61 Å². The van der Waals surface area contributed by atoms with Crippen molar-refractivity contribution in [2.75, 3.05) is 20.3 Å². The molecule has 0 radical (unpaired) electrons. The minimum absolute atomic E-state index is 0.0382. The molecule has 0 aliphatic rings. The summed E-state index contributed by atoms with van der Waals surface area (Å²) >= 11 is 4.93. The standard InChI is InChI=1S/C9H12BrNO3S/c1-11(9(13)14-3-2-12)5-7-4-8(10)15-6-7/h4,6,12H,2-3,5H2,1H3. The molecule has 1 aromatic heterocycles. The molecule has 84 valence electrons. The number of carbonyl (C=O) groups is 1. The van der Waals surface area contributed by atoms with Gasteiger partial charge in [-0.1, -0.05) is 0 Å². The van der Waals surface area contributed by atoms with E-state index in [1.165, 1.54) is 4.90 Å². The van der Waals surface area contributed by atoms with Gasteiger partial charge < -0.3 is 14.7 Å². The first-order chi connectivity index (χ1) is 7.13. The molecule has 1 N–H and O–H groups in total. The number of hydrogen-bond donors (Lipinski definition) is 1. The monoisotopic (exact) mass is 293 g/mol. The van der Waals surface area contributed by atoms with Crippen LogP contribution in [0.15, 0.2) is 15.2 Å². The van der Waals surface area contributed by atoms with Gasteiger partial charge in [-0.25, -0.2) is 4.79 Å². The summed E-state index contributed by atoms with van der Waals surface area (Å²) in [4.78, 5) is 12.8. The first-order valence-corrected chi connectivity index (χ1v) is 6.02. The predicted molar refractivity (Wildman–Crippen MR) is 61.9 cm³/mol. The lowest BCUT2D eigenvalue weighted by atomic mass is 10.3. The van der Waals surface area contributed by atoms with Crippen molar-refractivity contribution >= 4 is 33.4 Å². The maximum absolute atomic E-state index is 11.3. The molecule has 15 heavy (non-hydrogen) atoms. The van der Waals surface area contributed by atoms with Crippen molar-refractivity contribution in [3.8, 4) is 0 Å². The Bertz CT molecular complexity index is 329. The van der Waals surface area contributed by atoms with Crippen molar-refractivity contribution in [3.05, 3.63) is 20.8 Å². The number of carbonyl (C=O) groups excluding carboxylic acids is 1. The van der Waals surface area contributed by atoms with E-state index in [1.54, 1.807) is 18.4 Å². The zero-order valence-electron chi connectivity index (χ0n) is 8.27. The highest BCUT2D eigenvalue weighted by atomic mass is 79.9. The Morgan fingerprint density at radius 1 is 1.73 bits per heavy atom. The molecule has 0 fully saturated rings. The second-order valence-corrected chi connectivity index (χ2v) is 5.24. The molecule has 1 amide bonds. The summed E-state index contributed by atoms with van der Waals surface area (Å²) in [7, 11) is 1.66. The number of ether oxygens (including phenoxy) is 1. The molecule has 1 rings (SSSR count). The Balaban J connectivity index is 2.41. The molecular weight excluding hydrogens is 282 g/mol. The quantitative estimate of drug-likeness (QED) is 0.925. The third kappa shape index (κ3) is 4.19. The highest BCUT2D eigenvalue weighted by Crippen LogP contribution is 2.21. The van der Waals surface area contributed by atoms with Gasteiger partial charge >= 0.3 is 6.09 Å². The van der Waals surface area contributed by atoms with Gasteiger partial charge in [-0.2, -0.15) is 0 Å². The lowest BCUT2D eigenvalue weighted by Gasteiger charge is -2.15. The molecular formula is C9H12BrNO3S. The van der Waals surface area contributed by atoms with E-state index in [0.717, 1.165) is 9.35 Å². The van der Waals surface area contributed by atoms with Gasteiger partial charge in [0.05, 0.1) is 10.4 Å². The van der Waals surface area contributed by atoms with Crippen molar-refractivity contribution in [1.29, 1.82) is 0 Å². The summed E-state index contributed by atoms with van der Waals surface area (Å²) in [6.07, 6.45) is -0.425. The predicted octanol–water partition coefficient (Wildman–Crippen LogP) is 2.07. The van der Waals surface area contributed by atoms with Crippen LogP contribution in [-0.4, -0.2) is 36.4 Å². The Hall–Kier alpha value is -0.590. The lowest BCUT2D eigenvalue weighted by Crippen LogP contribution is -2.27. The first-order valence-electron chi connectivity index (χ1n) is 4.35. The highest BCUT2D eigenvalue weighted by molar-refractivity contribution is 9.11. The van der Waals surface area contributed by atoms with Crippen LogP contribution in [0.25, 0.3) is 0 Å². The van der Waals surface area contributed by atoms with Gasteiger partial charge in [0.15, 0.2) is 0 Å². The van der Waals surface area contributed by atoms with Gasteiger partial charge in [-0.05, 0) is 32.9 Å². The summed E-state index contributed by atoms with van der Waals surface area (Å²) in [5, 5.41) is 10.5. The molecule has 0 spiro atoms. The third-order valence-corrected chi connectivity index (χ3v) is 3.22. The van der Waals surface area contributed by atoms with Crippen LogP contribution in [0.5, 0.6) is 0 Å². The molecule has 6 heteroatoms. The van der Waals surface area contributed by atoms with Crippen LogP contribution in [0.1, 0.15) is 5.56 Å². The summed E-state index contributed by atoms with van der Waals surface area (Å²) in [6, 6.07) is 1.96. The molecule has 0 bridgehead atoms. The van der Waals surface area contributed by atoms with Crippen LogP contribution in [0.4, 0.5) is 4.79 Å². The van der Waals surface area contributed by atoms with Gasteiger partial charge in [-0.3, -0.25) is 0 Å². The zero-order valence-corrected chi connectivity index (χ0v) is 10.7. The number of halogens is 1. The van der Waals surface area contributed by atoms with Crippen LogP contribution in [0.3, 0.4) is 0 Å². The highest BCUT2D eigenvalue weighted by Gasteiger charge is 2.10. The third-order valence-electron chi connectivity index (χ3n) is 1.67. The second kappa shape index (κ2) is 6.09. The number of aliphatic hydroxyl groups is 1. The molecule has 0 aliphatic heterocycles. The number of amides is 1. The van der Waals surface area contributed by atoms with Gasteiger partial charge in [0.2, 0.25) is 0 Å². The molecule has 4 nitrogen and oxygen atoms in total. The SMILES string of the molecule is CN(Cc1csc(Br)c1)C(=O)OCCO. The molecule has 0 aromatic carbocycles. The fourth-order valence-corrected chi connectivity index (χ4v) is 2.21. The van der Waals surface area contributed by atoms with Gasteiger partial charge in [0.25, 0.3) is 0 Å². The fourth-order valence-electron chi connectivity index (χ4n) is 1.01. The minimum Gasteiger partial charge on any atom is -0.447 e. The summed E-state index contributed by atoms with van der Waals surface area (Å²) in [5.41, 5.74) is 1.05. The molecule has 0 aliphatic carbocycles. The Morgan fingerprint density at radius 3 is 3.00 bits per heavy atom. The van der Waals surface area contributed by atoms with Crippen molar-refractivity contribution < 1.29 is 14.6 Å². The van der Waals surface area contributed by atoms with E-state index in [9.17, 15) is 4.79 Å². The van der Waals surface area contributed by atoms with E-state index < -0.39 is 6.09 Å². The Morgan fingerprint density at radius 2 is 2.47 bits per heavy atom. The van der Waals surface area contributed by atoms with E-state index >= 15 is 0 Å². The van der Waals surface area contributed by atoms with Gasteiger partial charge in [-0.15, -0.1) is 11.3 Å². The van der Waals surface area contributed by atoms with E-state index in [-0.39, 0.29) is 13.2 Å². The van der Waals surface area contributed by atoms with E-state index in [0.29, 0.717) is 6.54 Å². The maximum Gasteiger partial charge on any atom is 0.409 e. The first kappa shape index (κ1) is 12.5. The maximum atomic E-state index is 11.3.